The molecule has 0 radical (unpaired) electrons. The zero-order valence-electron chi connectivity index (χ0n) is 10.2. The molecule has 0 aliphatic heterocycles. The van der Waals surface area contributed by atoms with E-state index in [9.17, 15) is 0 Å². The third-order valence-electron chi connectivity index (χ3n) is 3.58. The van der Waals surface area contributed by atoms with Gasteiger partial charge in [-0.15, -0.1) is 0 Å². The predicted octanol–water partition coefficient (Wildman–Crippen LogP) is 4.29. The molecule has 2 aromatic rings. The summed E-state index contributed by atoms with van der Waals surface area (Å²) in [6.07, 6.45) is 7.39. The van der Waals surface area contributed by atoms with Crippen LogP contribution in [-0.2, 0) is 5.41 Å². The van der Waals surface area contributed by atoms with Crippen LogP contribution in [0.4, 0.5) is 0 Å². The van der Waals surface area contributed by atoms with Crippen LogP contribution in [-0.4, -0.2) is 0 Å². The molecule has 0 atom stereocenters. The van der Waals surface area contributed by atoms with Gasteiger partial charge in [-0.2, -0.15) is 0 Å². The largest absolute Gasteiger partial charge is 0.156 e. The molecular weight excluding hydrogens is 216 g/mol. The summed E-state index contributed by atoms with van der Waals surface area (Å²) < 4.78 is 0. The standard InChI is InChI=1S/C18H15/c1-4-10-16(11-5-1)18(14-8-3-9-15-18)17-12-6-2-7-13-17/h1-2,4-14H,15H2/q+1. The van der Waals surface area contributed by atoms with Gasteiger partial charge in [0.2, 0.25) is 0 Å². The van der Waals surface area contributed by atoms with Crippen LogP contribution in [0.3, 0.4) is 0 Å². The molecule has 0 bridgehead atoms. The van der Waals surface area contributed by atoms with Crippen LogP contribution < -0.4 is 0 Å². The second-order valence-electron chi connectivity index (χ2n) is 4.61. The minimum Gasteiger partial charge on any atom is -0.0622 e. The van der Waals surface area contributed by atoms with Gasteiger partial charge in [0.25, 0.3) is 0 Å². The van der Waals surface area contributed by atoms with Gasteiger partial charge in [-0.05, 0) is 11.1 Å². The molecule has 0 aromatic heterocycles. The molecular formula is C18H15+. The molecule has 0 heterocycles. The molecule has 1 aliphatic rings. The van der Waals surface area contributed by atoms with Gasteiger partial charge >= 0.3 is 0 Å². The Labute approximate surface area is 108 Å². The Bertz CT molecular complexity index is 520. The summed E-state index contributed by atoms with van der Waals surface area (Å²) in [5, 5.41) is 0. The summed E-state index contributed by atoms with van der Waals surface area (Å²) >= 11 is 0. The van der Waals surface area contributed by atoms with Crippen LogP contribution in [0.25, 0.3) is 0 Å². The van der Waals surface area contributed by atoms with Crippen LogP contribution >= 0.6 is 0 Å². The average Bonchev–Trinajstić information content (AvgIpc) is 2.50. The molecule has 0 spiro atoms. The molecule has 0 heteroatoms. The Morgan fingerprint density at radius 3 is 1.83 bits per heavy atom. The van der Waals surface area contributed by atoms with Crippen molar-refractivity contribution in [2.45, 2.75) is 11.8 Å². The summed E-state index contributed by atoms with van der Waals surface area (Å²) in [5.74, 6) is 0. The minimum atomic E-state index is -0.0340. The third kappa shape index (κ3) is 1.77. The van der Waals surface area contributed by atoms with Crippen molar-refractivity contribution in [3.63, 3.8) is 0 Å². The van der Waals surface area contributed by atoms with Gasteiger partial charge in [0, 0.05) is 6.42 Å². The fourth-order valence-electron chi connectivity index (χ4n) is 2.61. The Morgan fingerprint density at radius 2 is 1.39 bits per heavy atom. The molecule has 0 fully saturated rings. The topological polar surface area (TPSA) is 0 Å². The molecule has 0 amide bonds. The van der Waals surface area contributed by atoms with Gasteiger partial charge < -0.3 is 0 Å². The number of hydrogen-bond acceptors (Lipinski definition) is 0. The first kappa shape index (κ1) is 11.0. The first-order valence-electron chi connectivity index (χ1n) is 6.28. The number of allylic oxidation sites excluding steroid dienone is 1. The van der Waals surface area contributed by atoms with Gasteiger partial charge in [-0.25, -0.2) is 0 Å². The lowest BCUT2D eigenvalue weighted by atomic mass is 9.68. The van der Waals surface area contributed by atoms with Crippen LogP contribution in [0.5, 0.6) is 0 Å². The molecule has 1 aliphatic carbocycles. The maximum atomic E-state index is 3.17. The second kappa shape index (κ2) is 4.60. The van der Waals surface area contributed by atoms with Gasteiger partial charge in [-0.3, -0.25) is 0 Å². The summed E-state index contributed by atoms with van der Waals surface area (Å²) in [6.45, 7) is 0. The van der Waals surface area contributed by atoms with E-state index in [-0.39, 0.29) is 5.41 Å². The molecule has 18 heavy (non-hydrogen) atoms. The molecule has 0 saturated heterocycles. The lowest BCUT2D eigenvalue weighted by Gasteiger charge is -2.28. The molecule has 3 rings (SSSR count). The Morgan fingerprint density at radius 1 is 0.833 bits per heavy atom. The van der Waals surface area contributed by atoms with Crippen molar-refractivity contribution < 1.29 is 0 Å². The number of rotatable bonds is 2. The summed E-state index contributed by atoms with van der Waals surface area (Å²) in [7, 11) is 0. The van der Waals surface area contributed by atoms with E-state index < -0.39 is 0 Å². The fourth-order valence-corrected chi connectivity index (χ4v) is 2.61. The van der Waals surface area contributed by atoms with E-state index >= 15 is 0 Å². The van der Waals surface area contributed by atoms with Gasteiger partial charge in [0.1, 0.15) is 5.41 Å². The van der Waals surface area contributed by atoms with Gasteiger partial charge in [0.15, 0.2) is 6.08 Å². The minimum absolute atomic E-state index is 0.0340. The smallest absolute Gasteiger partial charge is 0.0622 e. The first-order chi connectivity index (χ1) is 8.92. The third-order valence-corrected chi connectivity index (χ3v) is 3.58. The molecule has 0 saturated carbocycles. The Balaban J connectivity index is 2.14. The summed E-state index contributed by atoms with van der Waals surface area (Å²) in [5.41, 5.74) is 5.82. The predicted molar refractivity (Wildman–Crippen MR) is 75.2 cm³/mol. The van der Waals surface area contributed by atoms with Crippen molar-refractivity contribution >= 4 is 0 Å². The van der Waals surface area contributed by atoms with Crippen molar-refractivity contribution in [1.82, 2.24) is 0 Å². The van der Waals surface area contributed by atoms with Crippen LogP contribution in [0.2, 0.25) is 0 Å². The van der Waals surface area contributed by atoms with E-state index in [2.05, 4.69) is 78.9 Å². The summed E-state index contributed by atoms with van der Waals surface area (Å²) in [6, 6.07) is 21.4. The van der Waals surface area contributed by atoms with Gasteiger partial charge in [0.05, 0.1) is 18.2 Å². The van der Waals surface area contributed by atoms with Crippen molar-refractivity contribution in [3.8, 4) is 0 Å². The fraction of sp³-hybridized carbons (Fsp3) is 0.111. The highest BCUT2D eigenvalue weighted by molar-refractivity contribution is 5.46. The maximum Gasteiger partial charge on any atom is 0.156 e. The Kier molecular flexibility index (Phi) is 2.80. The quantitative estimate of drug-likeness (QED) is 0.534. The molecule has 0 nitrogen and oxygen atoms in total. The van der Waals surface area contributed by atoms with Crippen LogP contribution in [0, 0.1) is 6.42 Å². The monoisotopic (exact) mass is 231 g/mol. The highest BCUT2D eigenvalue weighted by atomic mass is 14.3. The first-order valence-corrected chi connectivity index (χ1v) is 6.28. The molecule has 0 N–H and O–H groups in total. The van der Waals surface area contributed by atoms with Crippen molar-refractivity contribution in [2.75, 3.05) is 0 Å². The van der Waals surface area contributed by atoms with Crippen LogP contribution in [0.15, 0.2) is 78.5 Å². The highest BCUT2D eigenvalue weighted by Crippen LogP contribution is 2.40. The molecule has 0 unspecified atom stereocenters. The number of hydrogen-bond donors (Lipinski definition) is 0. The van der Waals surface area contributed by atoms with E-state index in [4.69, 9.17) is 0 Å². The summed E-state index contributed by atoms with van der Waals surface area (Å²) in [4.78, 5) is 0. The van der Waals surface area contributed by atoms with Crippen molar-refractivity contribution in [2.24, 2.45) is 0 Å². The van der Waals surface area contributed by atoms with E-state index in [0.717, 1.165) is 6.42 Å². The van der Waals surface area contributed by atoms with Crippen LogP contribution in [0.1, 0.15) is 17.5 Å². The van der Waals surface area contributed by atoms with E-state index in [1.165, 1.54) is 11.1 Å². The van der Waals surface area contributed by atoms with Crippen molar-refractivity contribution in [3.05, 3.63) is 96.1 Å². The van der Waals surface area contributed by atoms with E-state index in [1.54, 1.807) is 0 Å². The van der Waals surface area contributed by atoms with E-state index in [0.29, 0.717) is 0 Å². The highest BCUT2D eigenvalue weighted by Gasteiger charge is 2.38. The normalized spacial score (nSPS) is 16.2. The van der Waals surface area contributed by atoms with Crippen molar-refractivity contribution in [1.29, 1.82) is 0 Å². The average molecular weight is 231 g/mol. The molecule has 2 aromatic carbocycles. The zero-order chi connectivity index (χ0) is 12.3. The lowest BCUT2D eigenvalue weighted by molar-refractivity contribution is 0.614. The maximum absolute atomic E-state index is 3.17. The number of benzene rings is 2. The van der Waals surface area contributed by atoms with E-state index in [1.807, 2.05) is 6.08 Å². The van der Waals surface area contributed by atoms with Gasteiger partial charge in [-0.1, -0.05) is 60.7 Å². The second-order valence-corrected chi connectivity index (χ2v) is 4.61. The zero-order valence-corrected chi connectivity index (χ0v) is 10.2. The lowest BCUT2D eigenvalue weighted by Crippen LogP contribution is -2.28. The molecule has 86 valence electrons. The SMILES string of the molecule is C1=C[CH+]C(c2ccccc2)(c2ccccc2)CC=1. The Hall–Kier alpha value is -2.17.